The van der Waals surface area contributed by atoms with Gasteiger partial charge in [-0.1, -0.05) is 24.3 Å². The van der Waals surface area contributed by atoms with Crippen LogP contribution in [0.25, 0.3) is 11.1 Å². The topological polar surface area (TPSA) is 73.6 Å². The lowest BCUT2D eigenvalue weighted by atomic mass is 10.1. The summed E-state index contributed by atoms with van der Waals surface area (Å²) in [5.74, 6) is 1.99. The van der Waals surface area contributed by atoms with Crippen LogP contribution in [0.15, 0.2) is 71.1 Å². The molecule has 30 heavy (non-hydrogen) atoms. The highest BCUT2D eigenvalue weighted by atomic mass is 16.5. The maximum absolute atomic E-state index is 12.6. The first-order chi connectivity index (χ1) is 14.6. The molecule has 0 aliphatic rings. The molecule has 0 radical (unpaired) electrons. The van der Waals surface area contributed by atoms with Gasteiger partial charge in [-0.15, -0.1) is 0 Å². The molecule has 0 bridgehead atoms. The van der Waals surface area contributed by atoms with Gasteiger partial charge >= 0.3 is 0 Å². The van der Waals surface area contributed by atoms with Crippen LogP contribution in [0.4, 0.5) is 0 Å². The van der Waals surface area contributed by atoms with E-state index in [1.54, 1.807) is 32.4 Å². The van der Waals surface area contributed by atoms with E-state index in [0.29, 0.717) is 30.0 Å². The zero-order valence-corrected chi connectivity index (χ0v) is 16.8. The molecule has 1 N–H and O–H groups in total. The van der Waals surface area contributed by atoms with E-state index in [1.165, 1.54) is 0 Å². The number of aromatic nitrogens is 1. The molecule has 1 amide bonds. The van der Waals surface area contributed by atoms with Crippen molar-refractivity contribution in [3.8, 4) is 11.5 Å². The monoisotopic (exact) mass is 402 g/mol. The largest absolute Gasteiger partial charge is 0.497 e. The fraction of sp³-hybridized carbons (Fsp3) is 0.167. The van der Waals surface area contributed by atoms with Crippen LogP contribution in [0, 0.1) is 0 Å². The molecule has 6 heteroatoms. The van der Waals surface area contributed by atoms with Crippen LogP contribution in [-0.2, 0) is 13.0 Å². The van der Waals surface area contributed by atoms with Gasteiger partial charge in [0, 0.05) is 18.5 Å². The Bertz CT molecular complexity index is 1170. The molecule has 0 spiro atoms. The van der Waals surface area contributed by atoms with E-state index in [2.05, 4.69) is 10.3 Å². The number of carbonyl (C=O) groups excluding carboxylic acids is 1. The smallest absolute Gasteiger partial charge is 0.251 e. The zero-order chi connectivity index (χ0) is 20.9. The lowest BCUT2D eigenvalue weighted by molar-refractivity contribution is 0.0951. The third-order valence-corrected chi connectivity index (χ3v) is 4.80. The summed E-state index contributed by atoms with van der Waals surface area (Å²) in [6.45, 7) is 0.410. The lowest BCUT2D eigenvalue weighted by Gasteiger charge is -2.07. The highest BCUT2D eigenvalue weighted by molar-refractivity contribution is 5.97. The van der Waals surface area contributed by atoms with Gasteiger partial charge in [0.2, 0.25) is 0 Å². The van der Waals surface area contributed by atoms with Crippen LogP contribution in [0.1, 0.15) is 27.4 Å². The third kappa shape index (κ3) is 4.43. The van der Waals surface area contributed by atoms with E-state index >= 15 is 0 Å². The Labute approximate surface area is 174 Å². The number of methoxy groups -OCH3 is 2. The average molecular weight is 402 g/mol. The van der Waals surface area contributed by atoms with Crippen LogP contribution >= 0.6 is 0 Å². The number of nitrogens with one attached hydrogen (secondary N) is 1. The average Bonchev–Trinajstić information content (AvgIpc) is 3.19. The van der Waals surface area contributed by atoms with Crippen molar-refractivity contribution in [3.63, 3.8) is 0 Å². The summed E-state index contributed by atoms with van der Waals surface area (Å²) < 4.78 is 16.3. The number of amides is 1. The molecular formula is C24H22N2O4. The summed E-state index contributed by atoms with van der Waals surface area (Å²) in [6, 6.07) is 20.6. The number of fused-ring (bicyclic) bond motifs is 1. The van der Waals surface area contributed by atoms with Crippen molar-refractivity contribution in [2.45, 2.75) is 13.0 Å². The molecule has 0 fully saturated rings. The number of oxazole rings is 1. The number of hydrogen-bond donors (Lipinski definition) is 1. The Hall–Kier alpha value is -3.80. The standard InChI is InChI=1S/C24H22N2O4/c1-28-19-9-6-16(7-10-19)13-23-26-21-11-8-18(14-22(21)30-23)24(27)25-15-17-4-3-5-20(12-17)29-2/h3-12,14H,13,15H2,1-2H3,(H,25,27). The van der Waals surface area contributed by atoms with Gasteiger partial charge in [0.15, 0.2) is 11.5 Å². The van der Waals surface area contributed by atoms with Crippen LogP contribution < -0.4 is 14.8 Å². The summed E-state index contributed by atoms with van der Waals surface area (Å²) >= 11 is 0. The molecule has 1 aromatic heterocycles. The van der Waals surface area contributed by atoms with Crippen LogP contribution in [-0.4, -0.2) is 25.1 Å². The lowest BCUT2D eigenvalue weighted by Crippen LogP contribution is -2.22. The molecule has 0 saturated heterocycles. The van der Waals surface area contributed by atoms with Gasteiger partial charge in [0.25, 0.3) is 5.91 Å². The van der Waals surface area contributed by atoms with Gasteiger partial charge in [-0.2, -0.15) is 0 Å². The Morgan fingerprint density at radius 3 is 2.50 bits per heavy atom. The highest BCUT2D eigenvalue weighted by Gasteiger charge is 2.11. The van der Waals surface area contributed by atoms with Gasteiger partial charge in [0.05, 0.1) is 14.2 Å². The number of nitrogens with zero attached hydrogens (tertiary/aromatic N) is 1. The van der Waals surface area contributed by atoms with Crippen LogP contribution in [0.3, 0.4) is 0 Å². The van der Waals surface area contributed by atoms with Crippen LogP contribution in [0.2, 0.25) is 0 Å². The van der Waals surface area contributed by atoms with Gasteiger partial charge in [-0.3, -0.25) is 4.79 Å². The number of hydrogen-bond acceptors (Lipinski definition) is 5. The fourth-order valence-electron chi connectivity index (χ4n) is 3.17. The second-order valence-electron chi connectivity index (χ2n) is 6.85. The first-order valence-corrected chi connectivity index (χ1v) is 9.58. The normalized spacial score (nSPS) is 10.7. The fourth-order valence-corrected chi connectivity index (χ4v) is 3.17. The Balaban J connectivity index is 1.45. The van der Waals surface area contributed by atoms with E-state index < -0.39 is 0 Å². The SMILES string of the molecule is COc1ccc(Cc2nc3ccc(C(=O)NCc4cccc(OC)c4)cc3o2)cc1. The maximum atomic E-state index is 12.6. The molecule has 6 nitrogen and oxygen atoms in total. The van der Waals surface area contributed by atoms with E-state index in [0.717, 1.165) is 28.1 Å². The molecule has 0 unspecified atom stereocenters. The molecule has 0 atom stereocenters. The second-order valence-corrected chi connectivity index (χ2v) is 6.85. The molecule has 1 heterocycles. The predicted octanol–water partition coefficient (Wildman–Crippen LogP) is 4.37. The van der Waals surface area contributed by atoms with E-state index in [-0.39, 0.29) is 5.91 Å². The first kappa shape index (κ1) is 19.5. The number of benzene rings is 3. The summed E-state index contributed by atoms with van der Waals surface area (Å²) in [6.07, 6.45) is 0.566. The Morgan fingerprint density at radius 2 is 1.73 bits per heavy atom. The number of carbonyl (C=O) groups is 1. The summed E-state index contributed by atoms with van der Waals surface area (Å²) in [5, 5.41) is 2.92. The highest BCUT2D eigenvalue weighted by Crippen LogP contribution is 2.21. The van der Waals surface area contributed by atoms with Crippen LogP contribution in [0.5, 0.6) is 11.5 Å². The van der Waals surface area contributed by atoms with Crippen molar-refractivity contribution in [1.29, 1.82) is 0 Å². The molecule has 0 saturated carbocycles. The van der Waals surface area contributed by atoms with E-state index in [4.69, 9.17) is 13.9 Å². The third-order valence-electron chi connectivity index (χ3n) is 4.80. The number of ether oxygens (including phenoxy) is 2. The van der Waals surface area contributed by atoms with Gasteiger partial charge < -0.3 is 19.2 Å². The van der Waals surface area contributed by atoms with Gasteiger partial charge in [-0.25, -0.2) is 4.98 Å². The van der Waals surface area contributed by atoms with Gasteiger partial charge in [-0.05, 0) is 53.6 Å². The van der Waals surface area contributed by atoms with Crippen molar-refractivity contribution in [2.24, 2.45) is 0 Å². The first-order valence-electron chi connectivity index (χ1n) is 9.58. The van der Waals surface area contributed by atoms with Gasteiger partial charge in [0.1, 0.15) is 17.0 Å². The maximum Gasteiger partial charge on any atom is 0.251 e. The van der Waals surface area contributed by atoms with E-state index in [1.807, 2.05) is 48.5 Å². The molecular weight excluding hydrogens is 380 g/mol. The molecule has 0 aliphatic heterocycles. The minimum Gasteiger partial charge on any atom is -0.497 e. The van der Waals surface area contributed by atoms with Crippen molar-refractivity contribution in [1.82, 2.24) is 10.3 Å². The van der Waals surface area contributed by atoms with Crippen molar-refractivity contribution in [2.75, 3.05) is 14.2 Å². The molecule has 152 valence electrons. The van der Waals surface area contributed by atoms with Crippen molar-refractivity contribution >= 4 is 17.0 Å². The van der Waals surface area contributed by atoms with Crippen molar-refractivity contribution < 1.29 is 18.7 Å². The molecule has 3 aromatic carbocycles. The summed E-state index contributed by atoms with van der Waals surface area (Å²) in [4.78, 5) is 17.1. The van der Waals surface area contributed by atoms with Crippen molar-refractivity contribution in [3.05, 3.63) is 89.3 Å². The Morgan fingerprint density at radius 1 is 0.933 bits per heavy atom. The Kier molecular flexibility index (Phi) is 5.66. The summed E-state index contributed by atoms with van der Waals surface area (Å²) in [5.41, 5.74) is 3.87. The molecule has 0 aliphatic carbocycles. The number of rotatable bonds is 7. The summed E-state index contributed by atoms with van der Waals surface area (Å²) in [7, 11) is 3.26. The zero-order valence-electron chi connectivity index (χ0n) is 16.8. The minimum absolute atomic E-state index is 0.173. The molecule has 4 aromatic rings. The van der Waals surface area contributed by atoms with E-state index in [9.17, 15) is 4.79 Å². The minimum atomic E-state index is -0.173. The predicted molar refractivity (Wildman–Crippen MR) is 114 cm³/mol. The molecule has 4 rings (SSSR count). The second kappa shape index (κ2) is 8.69. The quantitative estimate of drug-likeness (QED) is 0.497.